The van der Waals surface area contributed by atoms with E-state index in [0.717, 1.165) is 18.7 Å². The summed E-state index contributed by atoms with van der Waals surface area (Å²) in [7, 11) is 1.90. The fourth-order valence-electron chi connectivity index (χ4n) is 2.45. The van der Waals surface area contributed by atoms with Crippen molar-refractivity contribution >= 4 is 0 Å². The van der Waals surface area contributed by atoms with Gasteiger partial charge in [-0.05, 0) is 31.5 Å². The average Bonchev–Trinajstić information content (AvgIpc) is 2.74. The summed E-state index contributed by atoms with van der Waals surface area (Å²) in [5, 5.41) is 11.7. The van der Waals surface area contributed by atoms with Gasteiger partial charge in [0.2, 0.25) is 0 Å². The molecule has 1 aromatic heterocycles. The monoisotopic (exact) mass is 258 g/mol. The zero-order valence-electron chi connectivity index (χ0n) is 12.1. The molecule has 0 fully saturated rings. The summed E-state index contributed by atoms with van der Waals surface area (Å²) in [6.45, 7) is 7.37. The number of benzene rings is 1. The summed E-state index contributed by atoms with van der Waals surface area (Å²) >= 11 is 0. The lowest BCUT2D eigenvalue weighted by Crippen LogP contribution is -2.24. The fraction of sp³-hybridized carbons (Fsp3) is 0.467. The first-order chi connectivity index (χ1) is 9.10. The van der Waals surface area contributed by atoms with Crippen LogP contribution in [-0.2, 0) is 13.5 Å². The first-order valence-electron chi connectivity index (χ1n) is 6.76. The number of nitrogens with zero attached hydrogens (tertiary/aromatic N) is 3. The average molecular weight is 258 g/mol. The van der Waals surface area contributed by atoms with E-state index in [4.69, 9.17) is 0 Å². The second kappa shape index (κ2) is 5.97. The van der Waals surface area contributed by atoms with Crippen LogP contribution in [0.1, 0.15) is 35.3 Å². The summed E-state index contributed by atoms with van der Waals surface area (Å²) in [6.07, 6.45) is 2.85. The van der Waals surface area contributed by atoms with E-state index in [1.165, 1.54) is 16.7 Å². The van der Waals surface area contributed by atoms with Gasteiger partial charge in [-0.15, -0.1) is 5.10 Å². The molecule has 1 heterocycles. The summed E-state index contributed by atoms with van der Waals surface area (Å²) < 4.78 is 1.75. The number of hydrogen-bond acceptors (Lipinski definition) is 3. The topological polar surface area (TPSA) is 42.7 Å². The van der Waals surface area contributed by atoms with Crippen molar-refractivity contribution in [1.29, 1.82) is 0 Å². The number of aromatic nitrogens is 3. The Morgan fingerprint density at radius 3 is 2.68 bits per heavy atom. The highest BCUT2D eigenvalue weighted by Crippen LogP contribution is 2.22. The Kier molecular flexibility index (Phi) is 4.32. The summed E-state index contributed by atoms with van der Waals surface area (Å²) in [5.41, 5.74) is 5.00. The zero-order valence-corrected chi connectivity index (χ0v) is 12.1. The highest BCUT2D eigenvalue weighted by Gasteiger charge is 2.15. The molecule has 0 spiro atoms. The minimum absolute atomic E-state index is 0.294. The Morgan fingerprint density at radius 2 is 2.11 bits per heavy atom. The molecule has 4 heteroatoms. The van der Waals surface area contributed by atoms with Gasteiger partial charge in [-0.1, -0.05) is 35.9 Å². The number of nitrogens with one attached hydrogen (secondary N) is 1. The van der Waals surface area contributed by atoms with Crippen LogP contribution in [0, 0.1) is 13.8 Å². The van der Waals surface area contributed by atoms with Gasteiger partial charge < -0.3 is 5.32 Å². The molecular weight excluding hydrogens is 236 g/mol. The van der Waals surface area contributed by atoms with E-state index < -0.39 is 0 Å². The molecule has 2 aromatic rings. The van der Waals surface area contributed by atoms with Gasteiger partial charge in [0, 0.05) is 25.7 Å². The van der Waals surface area contributed by atoms with E-state index >= 15 is 0 Å². The van der Waals surface area contributed by atoms with Gasteiger partial charge in [0.1, 0.15) is 0 Å². The molecule has 102 valence electrons. The van der Waals surface area contributed by atoms with Gasteiger partial charge in [-0.3, -0.25) is 4.68 Å². The van der Waals surface area contributed by atoms with E-state index in [9.17, 15) is 0 Å². The number of aryl methyl sites for hydroxylation is 3. The van der Waals surface area contributed by atoms with Crippen LogP contribution in [0.25, 0.3) is 0 Å². The van der Waals surface area contributed by atoms with Gasteiger partial charge in [0.15, 0.2) is 0 Å². The van der Waals surface area contributed by atoms with Crippen LogP contribution in [0.15, 0.2) is 24.4 Å². The number of rotatable bonds is 5. The van der Waals surface area contributed by atoms with Crippen molar-refractivity contribution in [2.45, 2.75) is 33.2 Å². The Hall–Kier alpha value is -1.68. The fourth-order valence-corrected chi connectivity index (χ4v) is 2.45. The van der Waals surface area contributed by atoms with Gasteiger partial charge in [-0.2, -0.15) is 0 Å². The Morgan fingerprint density at radius 1 is 1.32 bits per heavy atom. The summed E-state index contributed by atoms with van der Waals surface area (Å²) in [4.78, 5) is 0. The maximum Gasteiger partial charge on any atom is 0.0845 e. The molecule has 0 aliphatic rings. The van der Waals surface area contributed by atoms with Crippen LogP contribution in [0.3, 0.4) is 0 Å². The Labute approximate surface area is 114 Å². The molecule has 1 unspecified atom stereocenters. The first-order valence-corrected chi connectivity index (χ1v) is 6.76. The molecule has 1 atom stereocenters. The van der Waals surface area contributed by atoms with Crippen LogP contribution >= 0.6 is 0 Å². The smallest absolute Gasteiger partial charge is 0.0845 e. The van der Waals surface area contributed by atoms with E-state index in [0.29, 0.717) is 6.04 Å². The highest BCUT2D eigenvalue weighted by molar-refractivity contribution is 5.33. The molecule has 0 radical (unpaired) electrons. The molecule has 1 aromatic carbocycles. The normalized spacial score (nSPS) is 12.6. The third kappa shape index (κ3) is 3.41. The van der Waals surface area contributed by atoms with Gasteiger partial charge in [0.05, 0.1) is 5.69 Å². The lowest BCUT2D eigenvalue weighted by Gasteiger charge is -2.19. The maximum atomic E-state index is 4.18. The van der Waals surface area contributed by atoms with Crippen molar-refractivity contribution in [3.63, 3.8) is 0 Å². The molecule has 0 bridgehead atoms. The molecular formula is C15H22N4. The van der Waals surface area contributed by atoms with Crippen molar-refractivity contribution in [2.75, 3.05) is 6.54 Å². The van der Waals surface area contributed by atoms with Crippen molar-refractivity contribution < 1.29 is 0 Å². The second-order valence-corrected chi connectivity index (χ2v) is 5.06. The molecule has 0 amide bonds. The second-order valence-electron chi connectivity index (χ2n) is 5.06. The lowest BCUT2D eigenvalue weighted by atomic mass is 9.96. The zero-order chi connectivity index (χ0) is 13.8. The molecule has 0 aliphatic carbocycles. The lowest BCUT2D eigenvalue weighted by molar-refractivity contribution is 0.541. The van der Waals surface area contributed by atoms with Crippen molar-refractivity contribution in [3.8, 4) is 0 Å². The van der Waals surface area contributed by atoms with Crippen LogP contribution in [0.5, 0.6) is 0 Å². The number of likely N-dealkylation sites (N-methyl/N-ethyl adjacent to an activating group) is 1. The van der Waals surface area contributed by atoms with Crippen LogP contribution < -0.4 is 5.32 Å². The highest BCUT2D eigenvalue weighted by atomic mass is 15.4. The van der Waals surface area contributed by atoms with Crippen molar-refractivity contribution in [2.24, 2.45) is 7.05 Å². The summed E-state index contributed by atoms with van der Waals surface area (Å²) in [5.74, 6) is 0. The molecule has 1 N–H and O–H groups in total. The maximum absolute atomic E-state index is 4.18. The van der Waals surface area contributed by atoms with Gasteiger partial charge in [-0.25, -0.2) is 0 Å². The first kappa shape index (κ1) is 13.7. The third-order valence-electron chi connectivity index (χ3n) is 3.31. The molecule has 0 aliphatic heterocycles. The SMILES string of the molecule is CCNC(Cc1cn(C)nn1)c1ccc(C)cc1C. The van der Waals surface area contributed by atoms with Crippen LogP contribution in [0.4, 0.5) is 0 Å². The van der Waals surface area contributed by atoms with E-state index in [2.05, 4.69) is 54.6 Å². The largest absolute Gasteiger partial charge is 0.310 e. The summed E-state index contributed by atoms with van der Waals surface area (Å²) in [6, 6.07) is 6.91. The predicted molar refractivity (Wildman–Crippen MR) is 77.0 cm³/mol. The standard InChI is InChI=1S/C15H22N4/c1-5-16-15(9-13-10-19(4)18-17-13)14-7-6-11(2)8-12(14)3/h6-8,10,15-16H,5,9H2,1-4H3. The van der Waals surface area contributed by atoms with Crippen molar-refractivity contribution in [1.82, 2.24) is 20.3 Å². The quantitative estimate of drug-likeness (QED) is 0.895. The molecule has 0 saturated heterocycles. The molecule has 4 nitrogen and oxygen atoms in total. The Balaban J connectivity index is 2.23. The van der Waals surface area contributed by atoms with Gasteiger partial charge >= 0.3 is 0 Å². The van der Waals surface area contributed by atoms with E-state index in [-0.39, 0.29) is 0 Å². The predicted octanol–water partition coefficient (Wildman–Crippen LogP) is 2.33. The molecule has 0 saturated carbocycles. The number of hydrogen-bond donors (Lipinski definition) is 1. The molecule has 19 heavy (non-hydrogen) atoms. The minimum Gasteiger partial charge on any atom is -0.310 e. The van der Waals surface area contributed by atoms with E-state index in [1.54, 1.807) is 4.68 Å². The Bertz CT molecular complexity index is 545. The van der Waals surface area contributed by atoms with Crippen molar-refractivity contribution in [3.05, 3.63) is 46.8 Å². The van der Waals surface area contributed by atoms with Crippen LogP contribution in [0.2, 0.25) is 0 Å². The van der Waals surface area contributed by atoms with E-state index in [1.807, 2.05) is 13.2 Å². The van der Waals surface area contributed by atoms with Crippen LogP contribution in [-0.4, -0.2) is 21.5 Å². The molecule has 2 rings (SSSR count). The van der Waals surface area contributed by atoms with Gasteiger partial charge in [0.25, 0.3) is 0 Å². The minimum atomic E-state index is 0.294. The third-order valence-corrected chi connectivity index (χ3v) is 3.31.